The number of aryl methyl sites for hydroxylation is 2. The number of rotatable bonds is 9. The second-order valence-corrected chi connectivity index (χ2v) is 8.28. The number of nitrogens with zero attached hydrogens (tertiary/aromatic N) is 2. The van der Waals surface area contributed by atoms with E-state index in [1.165, 1.54) is 0 Å². The molecule has 172 valence electrons. The average Bonchev–Trinajstić information content (AvgIpc) is 3.13. The minimum absolute atomic E-state index is 0.200. The quantitative estimate of drug-likeness (QED) is 0.404. The maximum absolute atomic E-state index is 10.8. The van der Waals surface area contributed by atoms with E-state index in [0.717, 1.165) is 39.3 Å². The molecule has 0 radical (unpaired) electrons. The Bertz CT molecular complexity index is 1230. The molecule has 0 bridgehead atoms. The fourth-order valence-corrected chi connectivity index (χ4v) is 4.11. The molecular formula is C27H30N2O4. The summed E-state index contributed by atoms with van der Waals surface area (Å²) in [5, 5.41) is 10.8. The van der Waals surface area contributed by atoms with Gasteiger partial charge in [0.05, 0.1) is 31.8 Å². The molecule has 0 amide bonds. The Morgan fingerprint density at radius 1 is 0.909 bits per heavy atom. The summed E-state index contributed by atoms with van der Waals surface area (Å²) in [6.07, 6.45) is -0.0905. The first kappa shape index (κ1) is 22.7. The fraction of sp³-hybridized carbons (Fsp3) is 0.296. The van der Waals surface area contributed by atoms with Crippen molar-refractivity contribution in [3.63, 3.8) is 0 Å². The first-order valence-electron chi connectivity index (χ1n) is 11.0. The van der Waals surface area contributed by atoms with Crippen molar-refractivity contribution in [3.8, 4) is 17.2 Å². The van der Waals surface area contributed by atoms with E-state index in [-0.39, 0.29) is 6.61 Å². The van der Waals surface area contributed by atoms with Crippen molar-refractivity contribution in [3.05, 3.63) is 83.2 Å². The Balaban J connectivity index is 1.56. The van der Waals surface area contributed by atoms with E-state index in [1.54, 1.807) is 14.2 Å². The van der Waals surface area contributed by atoms with Crippen molar-refractivity contribution in [1.82, 2.24) is 9.55 Å². The van der Waals surface area contributed by atoms with Gasteiger partial charge in [0.1, 0.15) is 24.3 Å². The van der Waals surface area contributed by atoms with Crippen molar-refractivity contribution >= 4 is 11.0 Å². The maximum Gasteiger partial charge on any atom is 0.161 e. The van der Waals surface area contributed by atoms with Crippen LogP contribution in [-0.4, -0.2) is 41.6 Å². The topological polar surface area (TPSA) is 65.7 Å². The number of aliphatic hydroxyl groups is 1. The fourth-order valence-electron chi connectivity index (χ4n) is 4.11. The number of hydrogen-bond acceptors (Lipinski definition) is 5. The molecule has 4 rings (SSSR count). The van der Waals surface area contributed by atoms with Gasteiger partial charge in [-0.1, -0.05) is 24.3 Å². The van der Waals surface area contributed by atoms with Gasteiger partial charge in [-0.05, 0) is 66.9 Å². The number of ether oxygens (including phenoxy) is 3. The van der Waals surface area contributed by atoms with Crippen molar-refractivity contribution in [1.29, 1.82) is 0 Å². The lowest BCUT2D eigenvalue weighted by atomic mass is 10.1. The molecule has 33 heavy (non-hydrogen) atoms. The smallest absolute Gasteiger partial charge is 0.161 e. The highest BCUT2D eigenvalue weighted by Crippen LogP contribution is 2.29. The third-order valence-electron chi connectivity index (χ3n) is 5.57. The molecule has 0 fully saturated rings. The van der Waals surface area contributed by atoms with Crippen LogP contribution in [0, 0.1) is 13.8 Å². The molecule has 0 aliphatic rings. The van der Waals surface area contributed by atoms with E-state index in [4.69, 9.17) is 19.2 Å². The predicted molar refractivity (Wildman–Crippen MR) is 130 cm³/mol. The molecule has 3 aromatic carbocycles. The summed E-state index contributed by atoms with van der Waals surface area (Å²) < 4.78 is 18.8. The van der Waals surface area contributed by atoms with Crippen molar-refractivity contribution in [2.75, 3.05) is 20.8 Å². The minimum Gasteiger partial charge on any atom is -0.493 e. The summed E-state index contributed by atoms with van der Waals surface area (Å²) in [7, 11) is 3.25. The maximum atomic E-state index is 10.8. The van der Waals surface area contributed by atoms with Crippen LogP contribution in [0.2, 0.25) is 0 Å². The molecule has 1 heterocycles. The minimum atomic E-state index is -0.687. The monoisotopic (exact) mass is 446 g/mol. The Morgan fingerprint density at radius 2 is 1.64 bits per heavy atom. The number of methoxy groups -OCH3 is 2. The molecule has 1 unspecified atom stereocenters. The van der Waals surface area contributed by atoms with Crippen molar-refractivity contribution in [2.45, 2.75) is 32.9 Å². The van der Waals surface area contributed by atoms with Gasteiger partial charge in [0, 0.05) is 6.42 Å². The van der Waals surface area contributed by atoms with Gasteiger partial charge in [-0.25, -0.2) is 4.98 Å². The number of aromatic nitrogens is 2. The van der Waals surface area contributed by atoms with Crippen LogP contribution in [0.1, 0.15) is 22.5 Å². The predicted octanol–water partition coefficient (Wildman–Crippen LogP) is 4.70. The van der Waals surface area contributed by atoms with Crippen molar-refractivity contribution in [2.24, 2.45) is 0 Å². The second-order valence-electron chi connectivity index (χ2n) is 8.28. The molecule has 1 atom stereocenters. The molecule has 1 aromatic heterocycles. The number of benzene rings is 3. The lowest BCUT2D eigenvalue weighted by Crippen LogP contribution is -2.24. The molecule has 6 nitrogen and oxygen atoms in total. The lowest BCUT2D eigenvalue weighted by molar-refractivity contribution is 0.0927. The van der Waals surface area contributed by atoms with Crippen LogP contribution in [0.4, 0.5) is 0 Å². The van der Waals surface area contributed by atoms with E-state index in [9.17, 15) is 5.11 Å². The third-order valence-corrected chi connectivity index (χ3v) is 5.57. The summed E-state index contributed by atoms with van der Waals surface area (Å²) in [5.41, 5.74) is 5.20. The SMILES string of the molecule is COc1ccc(Cc2nc3ccccc3n2CC(O)COc2cc(C)cc(C)c2)cc1OC. The molecule has 4 aromatic rings. The van der Waals surface area contributed by atoms with E-state index in [2.05, 4.69) is 10.6 Å². The number of imidazole rings is 1. The average molecular weight is 447 g/mol. The summed E-state index contributed by atoms with van der Waals surface area (Å²) in [6.45, 7) is 4.65. The molecule has 0 spiro atoms. The molecule has 0 aliphatic carbocycles. The Kier molecular flexibility index (Phi) is 6.84. The van der Waals surface area contributed by atoms with Gasteiger partial charge >= 0.3 is 0 Å². The Morgan fingerprint density at radius 3 is 2.36 bits per heavy atom. The van der Waals surface area contributed by atoms with Crippen LogP contribution in [0.15, 0.2) is 60.7 Å². The van der Waals surface area contributed by atoms with Crippen LogP contribution in [0.3, 0.4) is 0 Å². The van der Waals surface area contributed by atoms with Gasteiger partial charge in [0.15, 0.2) is 11.5 Å². The first-order chi connectivity index (χ1) is 16.0. The Labute approximate surface area is 194 Å². The van der Waals surface area contributed by atoms with Gasteiger partial charge in [-0.3, -0.25) is 0 Å². The molecule has 6 heteroatoms. The van der Waals surface area contributed by atoms with Gasteiger partial charge in [0.2, 0.25) is 0 Å². The van der Waals surface area contributed by atoms with Gasteiger partial charge in [-0.15, -0.1) is 0 Å². The standard InChI is InChI=1S/C27H30N2O4/c1-18-11-19(2)13-22(12-18)33-17-21(30)16-29-24-8-6-5-7-23(24)28-27(29)15-20-9-10-25(31-3)26(14-20)32-4/h5-14,21,30H,15-17H2,1-4H3. The third kappa shape index (κ3) is 5.29. The highest BCUT2D eigenvalue weighted by atomic mass is 16.5. The van der Waals surface area contributed by atoms with E-state index in [1.807, 2.05) is 68.4 Å². The summed E-state index contributed by atoms with van der Waals surface area (Å²) in [4.78, 5) is 4.84. The molecule has 1 N–H and O–H groups in total. The number of aliphatic hydroxyl groups excluding tert-OH is 1. The second kappa shape index (κ2) is 9.96. The van der Waals surface area contributed by atoms with E-state index >= 15 is 0 Å². The zero-order chi connectivity index (χ0) is 23.4. The van der Waals surface area contributed by atoms with Crippen LogP contribution >= 0.6 is 0 Å². The number of fused-ring (bicyclic) bond motifs is 1. The molecule has 0 saturated heterocycles. The highest BCUT2D eigenvalue weighted by molar-refractivity contribution is 5.76. The molecular weight excluding hydrogens is 416 g/mol. The number of hydrogen-bond donors (Lipinski definition) is 1. The zero-order valence-corrected chi connectivity index (χ0v) is 19.5. The van der Waals surface area contributed by atoms with E-state index in [0.29, 0.717) is 24.5 Å². The van der Waals surface area contributed by atoms with Gasteiger partial charge in [0.25, 0.3) is 0 Å². The van der Waals surface area contributed by atoms with Crippen LogP contribution in [0.5, 0.6) is 17.2 Å². The van der Waals surface area contributed by atoms with Crippen LogP contribution < -0.4 is 14.2 Å². The summed E-state index contributed by atoms with van der Waals surface area (Å²) in [6, 6.07) is 19.9. The normalized spacial score (nSPS) is 12.0. The number of para-hydroxylation sites is 2. The van der Waals surface area contributed by atoms with Crippen molar-refractivity contribution < 1.29 is 19.3 Å². The summed E-state index contributed by atoms with van der Waals surface area (Å²) >= 11 is 0. The molecule has 0 aliphatic heterocycles. The Hall–Kier alpha value is -3.51. The lowest BCUT2D eigenvalue weighted by Gasteiger charge is -2.16. The molecule has 0 saturated carbocycles. The highest BCUT2D eigenvalue weighted by Gasteiger charge is 2.16. The van der Waals surface area contributed by atoms with Gasteiger partial charge < -0.3 is 23.9 Å². The van der Waals surface area contributed by atoms with E-state index < -0.39 is 6.10 Å². The van der Waals surface area contributed by atoms with Crippen LogP contribution in [-0.2, 0) is 13.0 Å². The summed E-state index contributed by atoms with van der Waals surface area (Å²) in [5.74, 6) is 3.01. The first-order valence-corrected chi connectivity index (χ1v) is 11.0. The van der Waals surface area contributed by atoms with Gasteiger partial charge in [-0.2, -0.15) is 0 Å². The zero-order valence-electron chi connectivity index (χ0n) is 19.5. The van der Waals surface area contributed by atoms with Crippen LogP contribution in [0.25, 0.3) is 11.0 Å². The largest absolute Gasteiger partial charge is 0.493 e.